The lowest BCUT2D eigenvalue weighted by atomic mass is 10.1. The number of hydrogen-bond donors (Lipinski definition) is 2. The smallest absolute Gasteiger partial charge is 0.238 e. The highest BCUT2D eigenvalue weighted by Crippen LogP contribution is 2.43. The standard InChI is InChI=1S/C16H12F2N2O4S/c1-20-9-4-8(17)5-10(6-9)24-13-2-3-14(25(19,22)23)15-11(13)7-12(18)16(15)21/h2-6,12,16,21H,7H2,(H2,19,22,23)/t12-,16-/m1/s1. The maximum absolute atomic E-state index is 13.9. The highest BCUT2D eigenvalue weighted by atomic mass is 32.2. The Balaban J connectivity index is 2.11. The second-order valence-electron chi connectivity index (χ2n) is 5.52. The fourth-order valence-corrected chi connectivity index (χ4v) is 3.60. The van der Waals surface area contributed by atoms with E-state index in [1.165, 1.54) is 12.1 Å². The van der Waals surface area contributed by atoms with Crippen molar-refractivity contribution in [3.63, 3.8) is 0 Å². The Morgan fingerprint density at radius 3 is 2.68 bits per heavy atom. The number of nitrogens with zero attached hydrogens (tertiary/aromatic N) is 1. The molecule has 2 atom stereocenters. The maximum atomic E-state index is 13.9. The summed E-state index contributed by atoms with van der Waals surface area (Å²) in [7, 11) is -4.17. The summed E-state index contributed by atoms with van der Waals surface area (Å²) in [6.45, 7) is 6.93. The molecular formula is C16H12F2N2O4S. The van der Waals surface area contributed by atoms with E-state index in [1.54, 1.807) is 0 Å². The number of halogens is 2. The monoisotopic (exact) mass is 366 g/mol. The van der Waals surface area contributed by atoms with Crippen molar-refractivity contribution in [1.82, 2.24) is 0 Å². The predicted octanol–water partition coefficient (Wildman–Crippen LogP) is 2.74. The number of aliphatic hydroxyl groups excluding tert-OH is 1. The van der Waals surface area contributed by atoms with Crippen LogP contribution in [0.1, 0.15) is 17.2 Å². The van der Waals surface area contributed by atoms with Crippen molar-refractivity contribution in [2.24, 2.45) is 5.14 Å². The molecule has 0 amide bonds. The van der Waals surface area contributed by atoms with E-state index < -0.39 is 28.1 Å². The topological polar surface area (TPSA) is 94.0 Å². The minimum atomic E-state index is -4.17. The molecule has 0 heterocycles. The molecule has 3 N–H and O–H groups in total. The minimum Gasteiger partial charge on any atom is -0.458 e. The number of nitrogens with two attached hydrogens (primary N) is 1. The second-order valence-corrected chi connectivity index (χ2v) is 7.05. The lowest BCUT2D eigenvalue weighted by Crippen LogP contribution is -2.17. The van der Waals surface area contributed by atoms with Gasteiger partial charge in [-0.25, -0.2) is 27.2 Å². The summed E-state index contributed by atoms with van der Waals surface area (Å²) in [5, 5.41) is 15.1. The van der Waals surface area contributed by atoms with Gasteiger partial charge in [0.15, 0.2) is 5.69 Å². The third-order valence-corrected chi connectivity index (χ3v) is 4.80. The van der Waals surface area contributed by atoms with Gasteiger partial charge in [-0.3, -0.25) is 0 Å². The molecule has 1 aliphatic carbocycles. The lowest BCUT2D eigenvalue weighted by molar-refractivity contribution is 0.0907. The zero-order valence-corrected chi connectivity index (χ0v) is 13.4. The van der Waals surface area contributed by atoms with Gasteiger partial charge in [-0.15, -0.1) is 0 Å². The molecule has 0 unspecified atom stereocenters. The van der Waals surface area contributed by atoms with Gasteiger partial charge in [0.05, 0.1) is 11.5 Å². The Kier molecular flexibility index (Phi) is 4.20. The van der Waals surface area contributed by atoms with Crippen LogP contribution in [-0.4, -0.2) is 19.7 Å². The van der Waals surface area contributed by atoms with E-state index in [0.29, 0.717) is 0 Å². The van der Waals surface area contributed by atoms with Crippen LogP contribution in [0.5, 0.6) is 11.5 Å². The van der Waals surface area contributed by atoms with Crippen molar-refractivity contribution < 1.29 is 27.0 Å². The van der Waals surface area contributed by atoms with E-state index in [4.69, 9.17) is 16.4 Å². The molecule has 0 bridgehead atoms. The maximum Gasteiger partial charge on any atom is 0.238 e. The molecule has 2 aromatic carbocycles. The largest absolute Gasteiger partial charge is 0.458 e. The van der Waals surface area contributed by atoms with Crippen LogP contribution < -0.4 is 9.88 Å². The van der Waals surface area contributed by atoms with Crippen molar-refractivity contribution in [2.45, 2.75) is 23.6 Å². The number of alkyl halides is 1. The molecule has 25 heavy (non-hydrogen) atoms. The molecule has 130 valence electrons. The quantitative estimate of drug-likeness (QED) is 0.817. The van der Waals surface area contributed by atoms with Crippen LogP contribution in [0.25, 0.3) is 4.85 Å². The Morgan fingerprint density at radius 1 is 1.32 bits per heavy atom. The Morgan fingerprint density at radius 2 is 2.04 bits per heavy atom. The van der Waals surface area contributed by atoms with Crippen molar-refractivity contribution in [1.29, 1.82) is 0 Å². The average Bonchev–Trinajstić information content (AvgIpc) is 2.82. The van der Waals surface area contributed by atoms with E-state index in [0.717, 1.165) is 18.2 Å². The molecule has 2 aromatic rings. The highest BCUT2D eigenvalue weighted by molar-refractivity contribution is 7.89. The van der Waals surface area contributed by atoms with Gasteiger partial charge in [-0.1, -0.05) is 0 Å². The number of hydrogen-bond acceptors (Lipinski definition) is 4. The Bertz CT molecular complexity index is 1000. The molecule has 6 nitrogen and oxygen atoms in total. The van der Waals surface area contributed by atoms with Crippen molar-refractivity contribution in [2.75, 3.05) is 0 Å². The zero-order chi connectivity index (χ0) is 18.4. The van der Waals surface area contributed by atoms with Gasteiger partial charge in [0.1, 0.15) is 29.6 Å². The molecule has 0 saturated heterocycles. The molecule has 0 saturated carbocycles. The number of primary sulfonamides is 1. The van der Waals surface area contributed by atoms with Gasteiger partial charge in [-0.2, -0.15) is 0 Å². The zero-order valence-electron chi connectivity index (χ0n) is 12.6. The molecule has 0 fully saturated rings. The number of ether oxygens (including phenoxy) is 1. The summed E-state index contributed by atoms with van der Waals surface area (Å²) < 4.78 is 56.3. The fraction of sp³-hybridized carbons (Fsp3) is 0.188. The van der Waals surface area contributed by atoms with Gasteiger partial charge >= 0.3 is 0 Å². The normalized spacial score (nSPS) is 19.3. The lowest BCUT2D eigenvalue weighted by Gasteiger charge is -2.14. The number of benzene rings is 2. The van der Waals surface area contributed by atoms with E-state index in [-0.39, 0.29) is 39.6 Å². The van der Waals surface area contributed by atoms with Crippen LogP contribution in [0, 0.1) is 12.4 Å². The van der Waals surface area contributed by atoms with E-state index >= 15 is 0 Å². The number of fused-ring (bicyclic) bond motifs is 1. The Labute approximate surface area is 142 Å². The molecule has 0 aliphatic heterocycles. The highest BCUT2D eigenvalue weighted by Gasteiger charge is 2.38. The van der Waals surface area contributed by atoms with Crippen LogP contribution in [0.3, 0.4) is 0 Å². The summed E-state index contributed by atoms with van der Waals surface area (Å²) in [4.78, 5) is 2.73. The first-order valence-corrected chi connectivity index (χ1v) is 8.62. The summed E-state index contributed by atoms with van der Waals surface area (Å²) >= 11 is 0. The van der Waals surface area contributed by atoms with Crippen molar-refractivity contribution in [3.8, 4) is 11.5 Å². The third kappa shape index (κ3) is 3.19. The first-order valence-electron chi connectivity index (χ1n) is 7.07. The number of rotatable bonds is 3. The van der Waals surface area contributed by atoms with Gasteiger partial charge in [0.25, 0.3) is 0 Å². The second kappa shape index (κ2) is 6.07. The molecule has 9 heteroatoms. The average molecular weight is 366 g/mol. The van der Waals surface area contributed by atoms with E-state index in [2.05, 4.69) is 4.85 Å². The van der Waals surface area contributed by atoms with Gasteiger partial charge in [0.2, 0.25) is 10.0 Å². The minimum absolute atomic E-state index is 0.00615. The van der Waals surface area contributed by atoms with Crippen molar-refractivity contribution >= 4 is 15.7 Å². The molecule has 0 spiro atoms. The third-order valence-electron chi connectivity index (χ3n) is 3.83. The van der Waals surface area contributed by atoms with Crippen molar-refractivity contribution in [3.05, 3.63) is 58.7 Å². The van der Waals surface area contributed by atoms with Crippen LogP contribution >= 0.6 is 0 Å². The van der Waals surface area contributed by atoms with Crippen LogP contribution in [-0.2, 0) is 16.4 Å². The summed E-state index contributed by atoms with van der Waals surface area (Å²) in [6, 6.07) is 5.70. The van der Waals surface area contributed by atoms with Gasteiger partial charge in [0, 0.05) is 23.6 Å². The van der Waals surface area contributed by atoms with Gasteiger partial charge < -0.3 is 9.84 Å². The molecule has 3 rings (SSSR count). The number of sulfonamides is 1. The van der Waals surface area contributed by atoms with Crippen LogP contribution in [0.15, 0.2) is 35.2 Å². The van der Waals surface area contributed by atoms with E-state index in [9.17, 15) is 22.3 Å². The van der Waals surface area contributed by atoms with E-state index in [1.807, 2.05) is 0 Å². The van der Waals surface area contributed by atoms with Crippen LogP contribution in [0.4, 0.5) is 14.5 Å². The molecule has 0 aromatic heterocycles. The first kappa shape index (κ1) is 17.3. The van der Waals surface area contributed by atoms with Crippen LogP contribution in [0.2, 0.25) is 0 Å². The SMILES string of the molecule is [C-]#[N+]c1cc(F)cc(Oc2ccc(S(N)(=O)=O)c3c2C[C@@H](F)[C@H]3O)c1. The summed E-state index contributed by atoms with van der Waals surface area (Å²) in [6.07, 6.45) is -3.65. The Hall–Kier alpha value is -2.54. The molecule has 0 radical (unpaired) electrons. The summed E-state index contributed by atoms with van der Waals surface area (Å²) in [5.41, 5.74) is -0.00865. The van der Waals surface area contributed by atoms with Gasteiger partial charge in [-0.05, 0) is 24.3 Å². The molecule has 1 aliphatic rings. The molecular weight excluding hydrogens is 354 g/mol. The number of aliphatic hydroxyl groups is 1. The fourth-order valence-electron chi connectivity index (χ4n) is 2.79. The predicted molar refractivity (Wildman–Crippen MR) is 84.1 cm³/mol. The first-order chi connectivity index (χ1) is 11.7. The summed E-state index contributed by atoms with van der Waals surface area (Å²) in [5.74, 6) is -0.638.